The first-order chi connectivity index (χ1) is 9.16. The minimum absolute atomic E-state index is 0.196. The summed E-state index contributed by atoms with van der Waals surface area (Å²) in [7, 11) is 0. The second kappa shape index (κ2) is 7.22. The van der Waals surface area contributed by atoms with E-state index in [1.165, 1.54) is 6.07 Å². The molecule has 2 rings (SSSR count). The van der Waals surface area contributed by atoms with Gasteiger partial charge in [0.15, 0.2) is 0 Å². The summed E-state index contributed by atoms with van der Waals surface area (Å²) < 4.78 is 14.4. The normalized spacial score (nSPS) is 18.3. The van der Waals surface area contributed by atoms with E-state index in [2.05, 4.69) is 38.4 Å². The lowest BCUT2D eigenvalue weighted by atomic mass is 10.1. The smallest absolute Gasteiger partial charge is 0.146 e. The van der Waals surface area contributed by atoms with Crippen molar-refractivity contribution < 1.29 is 4.39 Å². The molecular weight excluding hydrogens is 309 g/mol. The lowest BCUT2D eigenvalue weighted by Crippen LogP contribution is -2.47. The molecule has 3 nitrogen and oxygen atoms in total. The molecule has 0 radical (unpaired) electrons. The van der Waals surface area contributed by atoms with E-state index >= 15 is 0 Å². The first-order valence-corrected chi connectivity index (χ1v) is 7.60. The number of hydrogen-bond acceptors (Lipinski definition) is 3. The summed E-state index contributed by atoms with van der Waals surface area (Å²) in [6.07, 6.45) is 1.02. The molecule has 1 aliphatic heterocycles. The summed E-state index contributed by atoms with van der Waals surface area (Å²) in [5.74, 6) is -0.196. The fraction of sp³-hybridized carbons (Fsp3) is 0.571. The monoisotopic (exact) mass is 329 g/mol. The van der Waals surface area contributed by atoms with Crippen molar-refractivity contribution in [3.8, 4) is 0 Å². The van der Waals surface area contributed by atoms with Crippen molar-refractivity contribution in [3.63, 3.8) is 0 Å². The maximum absolute atomic E-state index is 13.5. The molecule has 1 fully saturated rings. The van der Waals surface area contributed by atoms with Gasteiger partial charge in [0, 0.05) is 43.2 Å². The average molecular weight is 330 g/mol. The number of piperazine rings is 1. The Bertz CT molecular complexity index is 408. The molecule has 0 spiro atoms. The zero-order chi connectivity index (χ0) is 13.7. The summed E-state index contributed by atoms with van der Waals surface area (Å²) >= 11 is 3.36. The van der Waals surface area contributed by atoms with E-state index in [0.717, 1.165) is 43.6 Å². The molecule has 0 aromatic heterocycles. The Morgan fingerprint density at radius 3 is 2.89 bits per heavy atom. The third-order valence-corrected chi connectivity index (χ3v) is 4.07. The van der Waals surface area contributed by atoms with Crippen LogP contribution in [0.5, 0.6) is 0 Å². The molecule has 1 atom stereocenters. The highest BCUT2D eigenvalue weighted by atomic mass is 79.9. The summed E-state index contributed by atoms with van der Waals surface area (Å²) in [6.45, 7) is 7.37. The van der Waals surface area contributed by atoms with Crippen LogP contribution in [0, 0.1) is 5.82 Å². The number of hydrogen-bond donors (Lipinski definition) is 2. The standard InChI is InChI=1S/C14H21BrFN3/c1-11(19-8-6-17-7-9-19)4-5-18-14-10-12(15)2-3-13(14)16/h2-3,10-11,17-18H,4-9H2,1H3. The molecule has 1 heterocycles. The number of nitrogens with zero attached hydrogens (tertiary/aromatic N) is 1. The van der Waals surface area contributed by atoms with Gasteiger partial charge in [-0.3, -0.25) is 4.90 Å². The van der Waals surface area contributed by atoms with Crippen LogP contribution in [-0.2, 0) is 0 Å². The van der Waals surface area contributed by atoms with Crippen LogP contribution < -0.4 is 10.6 Å². The molecule has 1 unspecified atom stereocenters. The maximum atomic E-state index is 13.5. The lowest BCUT2D eigenvalue weighted by Gasteiger charge is -2.32. The van der Waals surface area contributed by atoms with E-state index in [4.69, 9.17) is 0 Å². The molecule has 5 heteroatoms. The largest absolute Gasteiger partial charge is 0.383 e. The molecule has 1 aromatic rings. The predicted octanol–water partition coefficient (Wildman–Crippen LogP) is 2.68. The fourth-order valence-electron chi connectivity index (χ4n) is 2.35. The summed E-state index contributed by atoms with van der Waals surface area (Å²) in [4.78, 5) is 2.48. The van der Waals surface area contributed by atoms with Gasteiger partial charge in [0.1, 0.15) is 5.82 Å². The van der Waals surface area contributed by atoms with Crippen molar-refractivity contribution in [1.82, 2.24) is 10.2 Å². The first-order valence-electron chi connectivity index (χ1n) is 6.80. The number of halogens is 2. The van der Waals surface area contributed by atoms with Crippen molar-refractivity contribution >= 4 is 21.6 Å². The van der Waals surface area contributed by atoms with Crippen molar-refractivity contribution in [2.75, 3.05) is 38.0 Å². The minimum atomic E-state index is -0.196. The van der Waals surface area contributed by atoms with Crippen LogP contribution in [0.4, 0.5) is 10.1 Å². The SMILES string of the molecule is CC(CCNc1cc(Br)ccc1F)N1CCNCC1. The Kier molecular flexibility index (Phi) is 5.60. The Morgan fingerprint density at radius 1 is 1.42 bits per heavy atom. The quantitative estimate of drug-likeness (QED) is 0.869. The van der Waals surface area contributed by atoms with Crippen LogP contribution in [0.2, 0.25) is 0 Å². The predicted molar refractivity (Wildman–Crippen MR) is 81.1 cm³/mol. The van der Waals surface area contributed by atoms with Gasteiger partial charge in [-0.1, -0.05) is 15.9 Å². The second-order valence-electron chi connectivity index (χ2n) is 4.97. The molecule has 106 valence electrons. The van der Waals surface area contributed by atoms with E-state index in [0.29, 0.717) is 11.7 Å². The molecule has 1 saturated heterocycles. The maximum Gasteiger partial charge on any atom is 0.146 e. The van der Waals surface area contributed by atoms with Crippen LogP contribution in [-0.4, -0.2) is 43.7 Å². The number of nitrogens with one attached hydrogen (secondary N) is 2. The van der Waals surface area contributed by atoms with E-state index in [-0.39, 0.29) is 5.82 Å². The summed E-state index contributed by atoms with van der Waals surface area (Å²) in [6, 6.07) is 5.51. The van der Waals surface area contributed by atoms with Crippen molar-refractivity contribution in [2.24, 2.45) is 0 Å². The zero-order valence-electron chi connectivity index (χ0n) is 11.3. The molecule has 1 aliphatic rings. The van der Waals surface area contributed by atoms with Gasteiger partial charge in [-0.2, -0.15) is 0 Å². The molecule has 1 aromatic carbocycles. The minimum Gasteiger partial charge on any atom is -0.383 e. The van der Waals surface area contributed by atoms with E-state index in [9.17, 15) is 4.39 Å². The molecule has 0 bridgehead atoms. The first kappa shape index (κ1) is 14.8. The third-order valence-electron chi connectivity index (χ3n) is 3.58. The number of rotatable bonds is 5. The molecule has 0 saturated carbocycles. The number of anilines is 1. The molecule has 2 N–H and O–H groups in total. The van der Waals surface area contributed by atoms with Gasteiger partial charge in [0.05, 0.1) is 5.69 Å². The Balaban J connectivity index is 1.77. The van der Waals surface area contributed by atoms with E-state index < -0.39 is 0 Å². The van der Waals surface area contributed by atoms with E-state index in [1.807, 2.05) is 0 Å². The number of benzene rings is 1. The van der Waals surface area contributed by atoms with Gasteiger partial charge in [-0.15, -0.1) is 0 Å². The van der Waals surface area contributed by atoms with Crippen molar-refractivity contribution in [3.05, 3.63) is 28.5 Å². The van der Waals surface area contributed by atoms with Crippen LogP contribution >= 0.6 is 15.9 Å². The van der Waals surface area contributed by atoms with Crippen LogP contribution in [0.25, 0.3) is 0 Å². The van der Waals surface area contributed by atoms with Gasteiger partial charge in [-0.25, -0.2) is 4.39 Å². The van der Waals surface area contributed by atoms with Crippen molar-refractivity contribution in [1.29, 1.82) is 0 Å². The van der Waals surface area contributed by atoms with Crippen LogP contribution in [0.3, 0.4) is 0 Å². The van der Waals surface area contributed by atoms with Gasteiger partial charge in [-0.05, 0) is 31.5 Å². The Labute approximate surface area is 122 Å². The van der Waals surface area contributed by atoms with Gasteiger partial charge >= 0.3 is 0 Å². The molecule has 19 heavy (non-hydrogen) atoms. The fourth-order valence-corrected chi connectivity index (χ4v) is 2.72. The third kappa shape index (κ3) is 4.44. The zero-order valence-corrected chi connectivity index (χ0v) is 12.8. The van der Waals surface area contributed by atoms with E-state index in [1.54, 1.807) is 12.1 Å². The van der Waals surface area contributed by atoms with Crippen LogP contribution in [0.1, 0.15) is 13.3 Å². The highest BCUT2D eigenvalue weighted by Crippen LogP contribution is 2.20. The molecule has 0 aliphatic carbocycles. The lowest BCUT2D eigenvalue weighted by molar-refractivity contribution is 0.179. The summed E-state index contributed by atoms with van der Waals surface area (Å²) in [5.41, 5.74) is 0.571. The van der Waals surface area contributed by atoms with Gasteiger partial charge in [0.25, 0.3) is 0 Å². The molecule has 0 amide bonds. The topological polar surface area (TPSA) is 27.3 Å². The van der Waals surface area contributed by atoms with Gasteiger partial charge < -0.3 is 10.6 Å². The van der Waals surface area contributed by atoms with Crippen LogP contribution in [0.15, 0.2) is 22.7 Å². The molecular formula is C14H21BrFN3. The summed E-state index contributed by atoms with van der Waals surface area (Å²) in [5, 5.41) is 6.53. The van der Waals surface area contributed by atoms with Crippen molar-refractivity contribution in [2.45, 2.75) is 19.4 Å². The van der Waals surface area contributed by atoms with Gasteiger partial charge in [0.2, 0.25) is 0 Å². The Hall–Kier alpha value is -0.650. The highest BCUT2D eigenvalue weighted by molar-refractivity contribution is 9.10. The Morgan fingerprint density at radius 2 is 2.16 bits per heavy atom. The average Bonchev–Trinajstić information content (AvgIpc) is 2.43. The second-order valence-corrected chi connectivity index (χ2v) is 5.89. The highest BCUT2D eigenvalue weighted by Gasteiger charge is 2.15.